The SMILES string of the molecule is COCCC[Si](Cl)(CCCOC)CCCOC. The van der Waals surface area contributed by atoms with Gasteiger partial charge in [0.25, 0.3) is 0 Å². The van der Waals surface area contributed by atoms with Crippen molar-refractivity contribution < 1.29 is 14.2 Å². The Balaban J connectivity index is 3.95. The highest BCUT2D eigenvalue weighted by molar-refractivity contribution is 7.20. The normalized spacial score (nSPS) is 12.0. The smallest absolute Gasteiger partial charge is 0.156 e. The van der Waals surface area contributed by atoms with Crippen molar-refractivity contribution in [2.24, 2.45) is 0 Å². The van der Waals surface area contributed by atoms with Crippen LogP contribution in [0.25, 0.3) is 0 Å². The number of hydrogen-bond donors (Lipinski definition) is 0. The van der Waals surface area contributed by atoms with Gasteiger partial charge in [-0.3, -0.25) is 0 Å². The molecule has 0 unspecified atom stereocenters. The summed E-state index contributed by atoms with van der Waals surface area (Å²) in [6.07, 6.45) is 3.23. The Kier molecular flexibility index (Phi) is 11.7. The topological polar surface area (TPSA) is 27.7 Å². The van der Waals surface area contributed by atoms with Crippen LogP contribution in [0.15, 0.2) is 0 Å². The molecule has 0 saturated heterocycles. The second-order valence-corrected chi connectivity index (χ2v) is 10.6. The molecule has 0 aromatic heterocycles. The lowest BCUT2D eigenvalue weighted by atomic mass is 10.5. The van der Waals surface area contributed by atoms with Crippen LogP contribution in [0, 0.1) is 0 Å². The van der Waals surface area contributed by atoms with Crippen molar-refractivity contribution in [1.29, 1.82) is 0 Å². The van der Waals surface area contributed by atoms with E-state index in [1.807, 2.05) is 0 Å². The Hall–Kier alpha value is 0.387. The van der Waals surface area contributed by atoms with Crippen molar-refractivity contribution in [1.82, 2.24) is 0 Å². The lowest BCUT2D eigenvalue weighted by Crippen LogP contribution is -2.28. The molecule has 0 aliphatic heterocycles. The van der Waals surface area contributed by atoms with E-state index in [0.29, 0.717) is 0 Å². The summed E-state index contributed by atoms with van der Waals surface area (Å²) in [5.41, 5.74) is 0. The molecule has 0 amide bonds. The Labute approximate surface area is 111 Å². The van der Waals surface area contributed by atoms with E-state index in [0.717, 1.165) is 57.2 Å². The molecular formula is C12H27ClO3Si. The zero-order chi connectivity index (χ0) is 13.0. The first-order chi connectivity index (χ1) is 8.18. The van der Waals surface area contributed by atoms with Crippen LogP contribution in [0.5, 0.6) is 0 Å². The molecule has 17 heavy (non-hydrogen) atoms. The van der Waals surface area contributed by atoms with Gasteiger partial charge in [-0.05, 0) is 37.4 Å². The van der Waals surface area contributed by atoms with Gasteiger partial charge in [-0.2, -0.15) is 11.1 Å². The minimum atomic E-state index is -1.63. The Morgan fingerprint density at radius 3 is 1.24 bits per heavy atom. The summed E-state index contributed by atoms with van der Waals surface area (Å²) < 4.78 is 15.3. The molecule has 0 atom stereocenters. The quantitative estimate of drug-likeness (QED) is 0.312. The van der Waals surface area contributed by atoms with E-state index >= 15 is 0 Å². The maximum atomic E-state index is 6.82. The highest BCUT2D eigenvalue weighted by Gasteiger charge is 2.29. The Bertz CT molecular complexity index is 143. The molecule has 0 aromatic rings. The largest absolute Gasteiger partial charge is 0.385 e. The van der Waals surface area contributed by atoms with Crippen LogP contribution in [0.2, 0.25) is 18.1 Å². The van der Waals surface area contributed by atoms with Crippen molar-refractivity contribution >= 4 is 18.5 Å². The van der Waals surface area contributed by atoms with Crippen LogP contribution in [-0.4, -0.2) is 48.5 Å². The summed E-state index contributed by atoms with van der Waals surface area (Å²) >= 11 is 6.82. The van der Waals surface area contributed by atoms with Crippen LogP contribution < -0.4 is 0 Å². The lowest BCUT2D eigenvalue weighted by molar-refractivity contribution is 0.195. The van der Waals surface area contributed by atoms with Gasteiger partial charge in [0.15, 0.2) is 7.38 Å². The summed E-state index contributed by atoms with van der Waals surface area (Å²) in [6, 6.07) is 3.40. The fourth-order valence-corrected chi connectivity index (χ4v) is 6.26. The van der Waals surface area contributed by atoms with Crippen LogP contribution >= 0.6 is 11.1 Å². The molecule has 0 heterocycles. The predicted molar refractivity (Wildman–Crippen MR) is 75.5 cm³/mol. The molecule has 0 rings (SSSR count). The maximum Gasteiger partial charge on any atom is 0.156 e. The lowest BCUT2D eigenvalue weighted by Gasteiger charge is -2.24. The van der Waals surface area contributed by atoms with E-state index in [2.05, 4.69) is 0 Å². The molecule has 0 spiro atoms. The first-order valence-electron chi connectivity index (χ1n) is 6.34. The second-order valence-electron chi connectivity index (χ2n) is 4.44. The molecule has 104 valence electrons. The van der Waals surface area contributed by atoms with Gasteiger partial charge in [0.2, 0.25) is 0 Å². The molecular weight excluding hydrogens is 256 g/mol. The summed E-state index contributed by atoms with van der Waals surface area (Å²) in [7, 11) is 3.60. The zero-order valence-electron chi connectivity index (χ0n) is 11.5. The molecule has 0 radical (unpaired) electrons. The Morgan fingerprint density at radius 1 is 0.706 bits per heavy atom. The van der Waals surface area contributed by atoms with Gasteiger partial charge in [-0.25, -0.2) is 0 Å². The van der Waals surface area contributed by atoms with Gasteiger partial charge in [-0.15, -0.1) is 0 Å². The molecule has 0 saturated carbocycles. The van der Waals surface area contributed by atoms with Crippen molar-refractivity contribution in [2.75, 3.05) is 41.2 Å². The van der Waals surface area contributed by atoms with Gasteiger partial charge in [0.1, 0.15) is 0 Å². The second kappa shape index (κ2) is 11.5. The summed E-state index contributed by atoms with van der Waals surface area (Å²) in [5, 5.41) is 0. The minimum Gasteiger partial charge on any atom is -0.385 e. The van der Waals surface area contributed by atoms with E-state index in [-0.39, 0.29) is 0 Å². The summed E-state index contributed by atoms with van der Waals surface area (Å²) in [6.45, 7) is 2.45. The molecule has 0 aliphatic rings. The van der Waals surface area contributed by atoms with E-state index in [4.69, 9.17) is 25.3 Å². The van der Waals surface area contributed by atoms with Gasteiger partial charge in [0.05, 0.1) is 0 Å². The number of rotatable bonds is 12. The van der Waals surface area contributed by atoms with Crippen molar-refractivity contribution in [3.63, 3.8) is 0 Å². The van der Waals surface area contributed by atoms with Crippen molar-refractivity contribution in [2.45, 2.75) is 37.4 Å². The molecule has 0 bridgehead atoms. The summed E-state index contributed by atoms with van der Waals surface area (Å²) in [4.78, 5) is 0. The molecule has 0 N–H and O–H groups in total. The number of ether oxygens (including phenoxy) is 3. The Morgan fingerprint density at radius 2 is 1.00 bits per heavy atom. The first-order valence-corrected chi connectivity index (χ1v) is 9.97. The van der Waals surface area contributed by atoms with E-state index < -0.39 is 7.38 Å². The number of hydrogen-bond acceptors (Lipinski definition) is 3. The molecule has 0 fully saturated rings. The van der Waals surface area contributed by atoms with E-state index in [9.17, 15) is 0 Å². The van der Waals surface area contributed by atoms with Crippen molar-refractivity contribution in [3.05, 3.63) is 0 Å². The highest BCUT2D eigenvalue weighted by Crippen LogP contribution is 2.30. The summed E-state index contributed by atoms with van der Waals surface area (Å²) in [5.74, 6) is 0. The minimum absolute atomic E-state index is 0.816. The third-order valence-electron chi connectivity index (χ3n) is 2.92. The van der Waals surface area contributed by atoms with Crippen LogP contribution in [0.4, 0.5) is 0 Å². The predicted octanol–water partition coefficient (Wildman–Crippen LogP) is 3.28. The van der Waals surface area contributed by atoms with Crippen LogP contribution in [0.3, 0.4) is 0 Å². The fourth-order valence-electron chi connectivity index (χ4n) is 1.97. The molecule has 3 nitrogen and oxygen atoms in total. The molecule has 0 aromatic carbocycles. The average molecular weight is 283 g/mol. The molecule has 0 aliphatic carbocycles. The highest BCUT2D eigenvalue weighted by atomic mass is 35.6. The van der Waals surface area contributed by atoms with E-state index in [1.54, 1.807) is 21.3 Å². The molecule has 5 heteroatoms. The third kappa shape index (κ3) is 10.0. The van der Waals surface area contributed by atoms with Gasteiger partial charge >= 0.3 is 0 Å². The van der Waals surface area contributed by atoms with Gasteiger partial charge < -0.3 is 14.2 Å². The third-order valence-corrected chi connectivity index (χ3v) is 8.37. The fraction of sp³-hybridized carbons (Fsp3) is 1.00. The zero-order valence-corrected chi connectivity index (χ0v) is 13.2. The first kappa shape index (κ1) is 17.4. The number of halogens is 1. The van der Waals surface area contributed by atoms with Gasteiger partial charge in [-0.1, -0.05) is 0 Å². The van der Waals surface area contributed by atoms with E-state index in [1.165, 1.54) is 0 Å². The van der Waals surface area contributed by atoms with Crippen LogP contribution in [-0.2, 0) is 14.2 Å². The standard InChI is InChI=1S/C12H27ClO3Si/c1-14-7-4-10-17(13,11-5-8-15-2)12-6-9-16-3/h4-12H2,1-3H3. The average Bonchev–Trinajstić information content (AvgIpc) is 2.30. The van der Waals surface area contributed by atoms with Crippen LogP contribution in [0.1, 0.15) is 19.3 Å². The number of methoxy groups -OCH3 is 3. The van der Waals surface area contributed by atoms with Crippen molar-refractivity contribution in [3.8, 4) is 0 Å². The maximum absolute atomic E-state index is 6.82. The monoisotopic (exact) mass is 282 g/mol. The van der Waals surface area contributed by atoms with Gasteiger partial charge in [0, 0.05) is 41.2 Å².